The maximum atomic E-state index is 13.7. The highest BCUT2D eigenvalue weighted by molar-refractivity contribution is 5.92. The van der Waals surface area contributed by atoms with E-state index in [1.807, 2.05) is 80.6 Å². The number of aryl methyl sites for hydroxylation is 2. The van der Waals surface area contributed by atoms with E-state index in [1.54, 1.807) is 17.9 Å². The van der Waals surface area contributed by atoms with E-state index >= 15 is 0 Å². The molecule has 0 saturated carbocycles. The summed E-state index contributed by atoms with van der Waals surface area (Å²) in [5.74, 6) is 1.37. The van der Waals surface area contributed by atoms with Crippen molar-refractivity contribution in [2.24, 2.45) is 0 Å². The van der Waals surface area contributed by atoms with Gasteiger partial charge in [-0.3, -0.25) is 9.78 Å². The van der Waals surface area contributed by atoms with Gasteiger partial charge in [-0.25, -0.2) is 0 Å². The second-order valence-corrected chi connectivity index (χ2v) is 7.95. The molecule has 0 N–H and O–H groups in total. The Morgan fingerprint density at radius 1 is 0.970 bits per heavy atom. The third-order valence-corrected chi connectivity index (χ3v) is 5.85. The zero-order chi connectivity index (χ0) is 22.9. The minimum absolute atomic E-state index is 0.0773. The maximum absolute atomic E-state index is 13.7. The number of benzene rings is 2. The molecule has 0 aliphatic heterocycles. The Kier molecular flexibility index (Phi) is 5.26. The van der Waals surface area contributed by atoms with Crippen LogP contribution in [0.5, 0.6) is 5.75 Å². The first-order valence-electron chi connectivity index (χ1n) is 10.7. The van der Waals surface area contributed by atoms with Crippen LogP contribution in [0.15, 0.2) is 82.2 Å². The lowest BCUT2D eigenvalue weighted by Crippen LogP contribution is -2.23. The SMILES string of the molecule is COc1cc2c(cc1-c1c(C)noc1C)cc(-c1ccccc1)c(=O)n2Cc1ccccn1. The lowest BCUT2D eigenvalue weighted by molar-refractivity contribution is 0.393. The molecule has 0 amide bonds. The summed E-state index contributed by atoms with van der Waals surface area (Å²) in [6.07, 6.45) is 1.74. The van der Waals surface area contributed by atoms with Gasteiger partial charge in [0.2, 0.25) is 0 Å². The maximum Gasteiger partial charge on any atom is 0.259 e. The van der Waals surface area contributed by atoms with Crippen molar-refractivity contribution < 1.29 is 9.26 Å². The molecule has 0 radical (unpaired) electrons. The van der Waals surface area contributed by atoms with E-state index in [4.69, 9.17) is 9.26 Å². The van der Waals surface area contributed by atoms with Gasteiger partial charge in [-0.05, 0) is 49.1 Å². The Labute approximate surface area is 191 Å². The molecule has 164 valence electrons. The quantitative estimate of drug-likeness (QED) is 0.369. The second-order valence-electron chi connectivity index (χ2n) is 7.95. The largest absolute Gasteiger partial charge is 0.496 e. The summed E-state index contributed by atoms with van der Waals surface area (Å²) < 4.78 is 12.9. The number of rotatable bonds is 5. The molecule has 0 aliphatic rings. The molecule has 6 nitrogen and oxygen atoms in total. The fourth-order valence-electron chi connectivity index (χ4n) is 4.27. The molecule has 3 heterocycles. The monoisotopic (exact) mass is 437 g/mol. The summed E-state index contributed by atoms with van der Waals surface area (Å²) in [7, 11) is 1.63. The van der Waals surface area contributed by atoms with Gasteiger partial charge in [-0.2, -0.15) is 0 Å². The molecule has 5 aromatic rings. The topological polar surface area (TPSA) is 70.2 Å². The summed E-state index contributed by atoms with van der Waals surface area (Å²) in [6.45, 7) is 4.15. The van der Waals surface area contributed by atoms with Crippen LogP contribution in [0.25, 0.3) is 33.2 Å². The molecule has 0 saturated heterocycles. The zero-order valence-electron chi connectivity index (χ0n) is 18.7. The number of aromatic nitrogens is 3. The molecule has 5 rings (SSSR count). The van der Waals surface area contributed by atoms with Crippen molar-refractivity contribution in [2.75, 3.05) is 7.11 Å². The standard InChI is InChI=1S/C27H23N3O3/c1-17-26(18(2)33-29-17)23-14-20-13-22(19-9-5-4-6-10-19)27(31)30(24(20)15-25(23)32-3)16-21-11-7-8-12-28-21/h4-15H,16H2,1-3H3. The first-order chi connectivity index (χ1) is 16.1. The normalized spacial score (nSPS) is 11.1. The van der Waals surface area contributed by atoms with Crippen molar-refractivity contribution in [3.8, 4) is 28.0 Å². The van der Waals surface area contributed by atoms with Gasteiger partial charge < -0.3 is 13.8 Å². The van der Waals surface area contributed by atoms with Crippen molar-refractivity contribution in [2.45, 2.75) is 20.4 Å². The average Bonchev–Trinajstić information content (AvgIpc) is 3.18. The van der Waals surface area contributed by atoms with E-state index < -0.39 is 0 Å². The van der Waals surface area contributed by atoms with Crippen molar-refractivity contribution in [1.82, 2.24) is 14.7 Å². The fraction of sp³-hybridized carbons (Fsp3) is 0.148. The van der Waals surface area contributed by atoms with E-state index in [2.05, 4.69) is 10.1 Å². The molecule has 0 unspecified atom stereocenters. The molecule has 0 bridgehead atoms. The van der Waals surface area contributed by atoms with Crippen LogP contribution in [-0.4, -0.2) is 21.8 Å². The zero-order valence-corrected chi connectivity index (χ0v) is 18.7. The predicted octanol–water partition coefficient (Wildman–Crippen LogP) is 5.39. The van der Waals surface area contributed by atoms with Gasteiger partial charge >= 0.3 is 0 Å². The van der Waals surface area contributed by atoms with E-state index in [0.29, 0.717) is 17.9 Å². The van der Waals surface area contributed by atoms with Crippen LogP contribution in [0, 0.1) is 13.8 Å². The summed E-state index contributed by atoms with van der Waals surface area (Å²) in [5.41, 5.74) is 5.57. The molecule has 33 heavy (non-hydrogen) atoms. The van der Waals surface area contributed by atoms with Gasteiger partial charge in [-0.15, -0.1) is 0 Å². The number of fused-ring (bicyclic) bond motifs is 1. The van der Waals surface area contributed by atoms with Gasteiger partial charge in [0.05, 0.1) is 36.1 Å². The van der Waals surface area contributed by atoms with E-state index in [-0.39, 0.29) is 5.56 Å². The molecule has 3 aromatic heterocycles. The van der Waals surface area contributed by atoms with Crippen LogP contribution in [-0.2, 0) is 6.54 Å². The van der Waals surface area contributed by atoms with Crippen LogP contribution >= 0.6 is 0 Å². The van der Waals surface area contributed by atoms with Gasteiger partial charge in [0, 0.05) is 23.4 Å². The third kappa shape index (κ3) is 3.69. The lowest BCUT2D eigenvalue weighted by atomic mass is 9.98. The van der Waals surface area contributed by atoms with Gasteiger partial charge in [0.1, 0.15) is 11.5 Å². The van der Waals surface area contributed by atoms with Crippen molar-refractivity contribution >= 4 is 10.9 Å². The molecular weight excluding hydrogens is 414 g/mol. The Morgan fingerprint density at radius 2 is 1.73 bits per heavy atom. The second kappa shape index (κ2) is 8.39. The van der Waals surface area contributed by atoms with Crippen molar-refractivity contribution in [3.05, 3.63) is 100 Å². The van der Waals surface area contributed by atoms with E-state index in [0.717, 1.165) is 44.7 Å². The first-order valence-corrected chi connectivity index (χ1v) is 10.7. The Morgan fingerprint density at radius 3 is 2.39 bits per heavy atom. The third-order valence-electron chi connectivity index (χ3n) is 5.85. The lowest BCUT2D eigenvalue weighted by Gasteiger charge is -2.16. The highest BCUT2D eigenvalue weighted by atomic mass is 16.5. The summed E-state index contributed by atoms with van der Waals surface area (Å²) in [4.78, 5) is 18.1. The summed E-state index contributed by atoms with van der Waals surface area (Å²) in [6, 6.07) is 21.3. The minimum Gasteiger partial charge on any atom is -0.496 e. The number of ether oxygens (including phenoxy) is 1. The Hall–Kier alpha value is -4.19. The molecular formula is C27H23N3O3. The smallest absolute Gasteiger partial charge is 0.259 e. The average molecular weight is 437 g/mol. The summed E-state index contributed by atoms with van der Waals surface area (Å²) >= 11 is 0. The molecule has 0 spiro atoms. The van der Waals surface area contributed by atoms with Crippen LogP contribution < -0.4 is 10.3 Å². The molecule has 0 atom stereocenters. The molecule has 2 aromatic carbocycles. The number of nitrogens with zero attached hydrogens (tertiary/aromatic N) is 3. The molecule has 0 fully saturated rings. The number of hydrogen-bond donors (Lipinski definition) is 0. The van der Waals surface area contributed by atoms with Crippen LogP contribution in [0.1, 0.15) is 17.1 Å². The van der Waals surface area contributed by atoms with Gasteiger partial charge in [0.15, 0.2) is 0 Å². The minimum atomic E-state index is -0.0773. The van der Waals surface area contributed by atoms with Crippen molar-refractivity contribution in [1.29, 1.82) is 0 Å². The van der Waals surface area contributed by atoms with Crippen LogP contribution in [0.4, 0.5) is 0 Å². The van der Waals surface area contributed by atoms with E-state index in [9.17, 15) is 4.79 Å². The first kappa shape index (κ1) is 20.7. The number of methoxy groups -OCH3 is 1. The highest BCUT2D eigenvalue weighted by Gasteiger charge is 2.20. The van der Waals surface area contributed by atoms with Gasteiger partial charge in [-0.1, -0.05) is 41.6 Å². The van der Waals surface area contributed by atoms with Crippen LogP contribution in [0.3, 0.4) is 0 Å². The van der Waals surface area contributed by atoms with E-state index in [1.165, 1.54) is 0 Å². The number of pyridine rings is 2. The molecule has 0 aliphatic carbocycles. The Balaban J connectivity index is 1.83. The number of hydrogen-bond acceptors (Lipinski definition) is 5. The fourth-order valence-corrected chi connectivity index (χ4v) is 4.27. The highest BCUT2D eigenvalue weighted by Crippen LogP contribution is 2.38. The molecule has 6 heteroatoms. The Bertz CT molecular complexity index is 1480. The van der Waals surface area contributed by atoms with Crippen molar-refractivity contribution in [3.63, 3.8) is 0 Å². The van der Waals surface area contributed by atoms with Gasteiger partial charge in [0.25, 0.3) is 5.56 Å². The predicted molar refractivity (Wildman–Crippen MR) is 129 cm³/mol. The van der Waals surface area contributed by atoms with Crippen LogP contribution in [0.2, 0.25) is 0 Å². The summed E-state index contributed by atoms with van der Waals surface area (Å²) in [5, 5.41) is 5.02.